The molecule has 1 aromatic heterocycles. The summed E-state index contributed by atoms with van der Waals surface area (Å²) in [5, 5.41) is 21.8. The van der Waals surface area contributed by atoms with E-state index in [-0.39, 0.29) is 12.3 Å². The van der Waals surface area contributed by atoms with E-state index < -0.39 is 4.92 Å². The second-order valence-corrected chi connectivity index (χ2v) is 3.96. The molecule has 82 valence electrons. The summed E-state index contributed by atoms with van der Waals surface area (Å²) >= 11 is 1.40. The molecule has 0 amide bonds. The van der Waals surface area contributed by atoms with Crippen LogP contribution in [0.1, 0.15) is 5.69 Å². The number of benzene rings is 1. The van der Waals surface area contributed by atoms with Crippen LogP contribution in [0.25, 0.3) is 10.6 Å². The van der Waals surface area contributed by atoms with Crippen LogP contribution >= 0.6 is 11.3 Å². The zero-order valence-corrected chi connectivity index (χ0v) is 8.98. The van der Waals surface area contributed by atoms with Gasteiger partial charge in [0.25, 0.3) is 5.69 Å². The SMILES string of the molecule is O=[N+]([O-])c1ccc(-c2nc(CO)cs2)cc1. The molecule has 0 atom stereocenters. The predicted octanol–water partition coefficient (Wildman–Crippen LogP) is 2.21. The van der Waals surface area contributed by atoms with Crippen LogP contribution in [0, 0.1) is 10.1 Å². The fourth-order valence-corrected chi connectivity index (χ4v) is 2.05. The number of aliphatic hydroxyl groups is 1. The molecule has 0 aliphatic heterocycles. The molecule has 1 aromatic carbocycles. The lowest BCUT2D eigenvalue weighted by atomic mass is 10.2. The van der Waals surface area contributed by atoms with Gasteiger partial charge >= 0.3 is 0 Å². The van der Waals surface area contributed by atoms with Gasteiger partial charge in [0.15, 0.2) is 0 Å². The summed E-state index contributed by atoms with van der Waals surface area (Å²) in [5.41, 5.74) is 1.48. The quantitative estimate of drug-likeness (QED) is 0.654. The molecule has 6 heteroatoms. The molecule has 16 heavy (non-hydrogen) atoms. The Morgan fingerprint density at radius 2 is 2.06 bits per heavy atom. The van der Waals surface area contributed by atoms with Crippen molar-refractivity contribution in [3.8, 4) is 10.6 Å². The lowest BCUT2D eigenvalue weighted by Gasteiger charge is -1.95. The number of thiazole rings is 1. The summed E-state index contributed by atoms with van der Waals surface area (Å²) in [4.78, 5) is 14.2. The maximum atomic E-state index is 10.5. The van der Waals surface area contributed by atoms with Crippen molar-refractivity contribution in [1.29, 1.82) is 0 Å². The van der Waals surface area contributed by atoms with Crippen LogP contribution in [0.4, 0.5) is 5.69 Å². The monoisotopic (exact) mass is 236 g/mol. The maximum absolute atomic E-state index is 10.5. The van der Waals surface area contributed by atoms with E-state index in [4.69, 9.17) is 5.11 Å². The Labute approximate surface area is 95.2 Å². The van der Waals surface area contributed by atoms with Crippen molar-refractivity contribution in [2.45, 2.75) is 6.61 Å². The third kappa shape index (κ3) is 2.07. The molecule has 0 fully saturated rings. The zero-order valence-electron chi connectivity index (χ0n) is 8.16. The molecule has 2 rings (SSSR count). The van der Waals surface area contributed by atoms with Gasteiger partial charge in [-0.25, -0.2) is 4.98 Å². The first kappa shape index (κ1) is 10.7. The van der Waals surface area contributed by atoms with Crippen LogP contribution in [-0.4, -0.2) is 15.0 Å². The molecule has 1 N–H and O–H groups in total. The second-order valence-electron chi connectivity index (χ2n) is 3.11. The highest BCUT2D eigenvalue weighted by molar-refractivity contribution is 7.13. The molecule has 0 unspecified atom stereocenters. The molecule has 0 spiro atoms. The highest BCUT2D eigenvalue weighted by Crippen LogP contribution is 2.25. The van der Waals surface area contributed by atoms with Gasteiger partial charge in [-0.05, 0) is 12.1 Å². The molecule has 2 aromatic rings. The van der Waals surface area contributed by atoms with Gasteiger partial charge < -0.3 is 5.11 Å². The molecule has 1 heterocycles. The predicted molar refractivity (Wildman–Crippen MR) is 60.1 cm³/mol. The normalized spacial score (nSPS) is 10.3. The van der Waals surface area contributed by atoms with Gasteiger partial charge in [0.1, 0.15) is 5.01 Å². The lowest BCUT2D eigenvalue weighted by molar-refractivity contribution is -0.384. The highest BCUT2D eigenvalue weighted by atomic mass is 32.1. The van der Waals surface area contributed by atoms with E-state index in [2.05, 4.69) is 4.98 Å². The number of nitro groups is 1. The van der Waals surface area contributed by atoms with E-state index in [0.717, 1.165) is 10.6 Å². The molecule has 0 saturated heterocycles. The van der Waals surface area contributed by atoms with Crippen LogP contribution in [0.3, 0.4) is 0 Å². The largest absolute Gasteiger partial charge is 0.390 e. The standard InChI is InChI=1S/C10H8N2O3S/c13-5-8-6-16-10(11-8)7-1-3-9(4-2-7)12(14)15/h1-4,6,13H,5H2. The third-order valence-electron chi connectivity index (χ3n) is 2.04. The van der Waals surface area contributed by atoms with Crippen molar-refractivity contribution in [3.05, 3.63) is 45.5 Å². The van der Waals surface area contributed by atoms with Crippen molar-refractivity contribution < 1.29 is 10.0 Å². The Hall–Kier alpha value is -1.79. The molecule has 0 aliphatic rings. The molecule has 0 radical (unpaired) electrons. The van der Waals surface area contributed by atoms with Gasteiger partial charge in [0, 0.05) is 23.1 Å². The summed E-state index contributed by atoms with van der Waals surface area (Å²) in [5.74, 6) is 0. The molecular formula is C10H8N2O3S. The average Bonchev–Trinajstić information content (AvgIpc) is 2.77. The first-order chi connectivity index (χ1) is 7.70. The van der Waals surface area contributed by atoms with E-state index >= 15 is 0 Å². The van der Waals surface area contributed by atoms with Gasteiger partial charge in [-0.1, -0.05) is 0 Å². The van der Waals surface area contributed by atoms with Crippen LogP contribution in [0.2, 0.25) is 0 Å². The minimum absolute atomic E-state index is 0.0580. The molecule has 5 nitrogen and oxygen atoms in total. The van der Waals surface area contributed by atoms with Crippen molar-refractivity contribution in [3.63, 3.8) is 0 Å². The van der Waals surface area contributed by atoms with Gasteiger partial charge in [-0.3, -0.25) is 10.1 Å². The van der Waals surface area contributed by atoms with Crippen LogP contribution in [-0.2, 0) is 6.61 Å². The van der Waals surface area contributed by atoms with Crippen molar-refractivity contribution in [2.75, 3.05) is 0 Å². The van der Waals surface area contributed by atoms with Crippen LogP contribution < -0.4 is 0 Å². The average molecular weight is 236 g/mol. The number of rotatable bonds is 3. The number of nitrogens with zero attached hydrogens (tertiary/aromatic N) is 2. The Balaban J connectivity index is 2.30. The number of aromatic nitrogens is 1. The smallest absolute Gasteiger partial charge is 0.269 e. The van der Waals surface area contributed by atoms with E-state index in [0.29, 0.717) is 5.69 Å². The fraction of sp³-hybridized carbons (Fsp3) is 0.100. The second kappa shape index (κ2) is 4.38. The topological polar surface area (TPSA) is 76.3 Å². The van der Waals surface area contributed by atoms with Gasteiger partial charge in [0.2, 0.25) is 0 Å². The molecular weight excluding hydrogens is 228 g/mol. The van der Waals surface area contributed by atoms with Gasteiger partial charge in [-0.2, -0.15) is 0 Å². The molecule has 0 saturated carbocycles. The first-order valence-electron chi connectivity index (χ1n) is 4.51. The van der Waals surface area contributed by atoms with Gasteiger partial charge in [-0.15, -0.1) is 11.3 Å². The Bertz CT molecular complexity index is 507. The summed E-state index contributed by atoms with van der Waals surface area (Å²) in [6.45, 7) is -0.0938. The summed E-state index contributed by atoms with van der Waals surface area (Å²) in [6.07, 6.45) is 0. The Morgan fingerprint density at radius 3 is 2.56 bits per heavy atom. The number of aliphatic hydroxyl groups excluding tert-OH is 1. The van der Waals surface area contributed by atoms with Gasteiger partial charge in [0.05, 0.1) is 17.2 Å². The molecule has 0 bridgehead atoms. The van der Waals surface area contributed by atoms with Crippen LogP contribution in [0.15, 0.2) is 29.6 Å². The number of hydrogen-bond donors (Lipinski definition) is 1. The van der Waals surface area contributed by atoms with E-state index in [1.165, 1.54) is 23.5 Å². The van der Waals surface area contributed by atoms with Crippen molar-refractivity contribution in [2.24, 2.45) is 0 Å². The summed E-state index contributed by atoms with van der Waals surface area (Å²) in [6, 6.07) is 6.18. The highest BCUT2D eigenvalue weighted by Gasteiger charge is 2.07. The number of nitro benzene ring substituents is 1. The summed E-state index contributed by atoms with van der Waals surface area (Å²) in [7, 11) is 0. The van der Waals surface area contributed by atoms with Crippen molar-refractivity contribution >= 4 is 17.0 Å². The van der Waals surface area contributed by atoms with E-state index in [1.807, 2.05) is 0 Å². The minimum atomic E-state index is -0.440. The Kier molecular flexibility index (Phi) is 2.93. The first-order valence-corrected chi connectivity index (χ1v) is 5.39. The summed E-state index contributed by atoms with van der Waals surface area (Å²) < 4.78 is 0. The van der Waals surface area contributed by atoms with E-state index in [1.54, 1.807) is 17.5 Å². The zero-order chi connectivity index (χ0) is 11.5. The maximum Gasteiger partial charge on any atom is 0.269 e. The van der Waals surface area contributed by atoms with Crippen LogP contribution in [0.5, 0.6) is 0 Å². The van der Waals surface area contributed by atoms with Crippen molar-refractivity contribution in [1.82, 2.24) is 4.98 Å². The Morgan fingerprint density at radius 1 is 1.38 bits per heavy atom. The molecule has 0 aliphatic carbocycles. The third-order valence-corrected chi connectivity index (χ3v) is 2.98. The minimum Gasteiger partial charge on any atom is -0.390 e. The lowest BCUT2D eigenvalue weighted by Crippen LogP contribution is -1.87. The number of hydrogen-bond acceptors (Lipinski definition) is 5. The number of non-ortho nitro benzene ring substituents is 1. The fourth-order valence-electron chi connectivity index (χ4n) is 1.24. The van der Waals surface area contributed by atoms with E-state index in [9.17, 15) is 10.1 Å².